The lowest BCUT2D eigenvalue weighted by Gasteiger charge is -2.22. The van der Waals surface area contributed by atoms with E-state index >= 15 is 0 Å². The molecule has 3 aromatic rings. The lowest BCUT2D eigenvalue weighted by atomic mass is 10.1. The smallest absolute Gasteiger partial charge is 0.264 e. The second-order valence-electron chi connectivity index (χ2n) is 6.66. The molecule has 0 aliphatic carbocycles. The van der Waals surface area contributed by atoms with Gasteiger partial charge in [0.05, 0.1) is 34.6 Å². The SMILES string of the molecule is COc1ccccc1N(C)S(=O)(=O)c1ccc(C)c(C(=O)Nc2ccc(SC)nc2)c1. The Kier molecular flexibility index (Phi) is 6.87. The first kappa shape index (κ1) is 22.6. The van der Waals surface area contributed by atoms with Crippen molar-refractivity contribution >= 4 is 39.1 Å². The first-order valence-electron chi connectivity index (χ1n) is 9.32. The molecule has 0 unspecified atom stereocenters. The van der Waals surface area contributed by atoms with Gasteiger partial charge in [0.15, 0.2) is 0 Å². The Morgan fingerprint density at radius 3 is 2.52 bits per heavy atom. The topological polar surface area (TPSA) is 88.6 Å². The van der Waals surface area contributed by atoms with Crippen LogP contribution in [0.15, 0.2) is 70.7 Å². The van der Waals surface area contributed by atoms with Gasteiger partial charge >= 0.3 is 0 Å². The summed E-state index contributed by atoms with van der Waals surface area (Å²) in [6.45, 7) is 1.75. The number of ether oxygens (including phenoxy) is 1. The van der Waals surface area contributed by atoms with Crippen molar-refractivity contribution in [1.82, 2.24) is 4.98 Å². The van der Waals surface area contributed by atoms with Gasteiger partial charge in [0.2, 0.25) is 0 Å². The highest BCUT2D eigenvalue weighted by atomic mass is 32.2. The van der Waals surface area contributed by atoms with Crippen LogP contribution in [0.25, 0.3) is 0 Å². The lowest BCUT2D eigenvalue weighted by Crippen LogP contribution is -2.27. The minimum absolute atomic E-state index is 0.00696. The average Bonchev–Trinajstić information content (AvgIpc) is 2.79. The first-order valence-corrected chi connectivity index (χ1v) is 12.0. The zero-order valence-electron chi connectivity index (χ0n) is 17.6. The molecule has 0 bridgehead atoms. The highest BCUT2D eigenvalue weighted by Gasteiger charge is 2.25. The number of methoxy groups -OCH3 is 1. The van der Waals surface area contributed by atoms with Gasteiger partial charge in [-0.15, -0.1) is 11.8 Å². The van der Waals surface area contributed by atoms with Crippen molar-refractivity contribution in [3.8, 4) is 5.75 Å². The summed E-state index contributed by atoms with van der Waals surface area (Å²) in [4.78, 5) is 17.1. The molecular formula is C22H23N3O4S2. The molecule has 0 aliphatic heterocycles. The molecule has 0 saturated heterocycles. The summed E-state index contributed by atoms with van der Waals surface area (Å²) in [5.74, 6) is 0.0213. The molecule has 1 aromatic heterocycles. The summed E-state index contributed by atoms with van der Waals surface area (Å²) in [5.41, 5.74) is 1.85. The number of carbonyl (C=O) groups excluding carboxylic acids is 1. The number of hydrogen-bond acceptors (Lipinski definition) is 6. The van der Waals surface area contributed by atoms with Crippen LogP contribution in [0.5, 0.6) is 5.75 Å². The normalized spacial score (nSPS) is 11.1. The molecule has 0 atom stereocenters. The summed E-state index contributed by atoms with van der Waals surface area (Å²) in [5, 5.41) is 3.60. The lowest BCUT2D eigenvalue weighted by molar-refractivity contribution is 0.102. The van der Waals surface area contributed by atoms with Crippen LogP contribution in [0.2, 0.25) is 0 Å². The summed E-state index contributed by atoms with van der Waals surface area (Å²) in [7, 11) is -0.991. The van der Waals surface area contributed by atoms with Gasteiger partial charge in [-0.3, -0.25) is 9.10 Å². The number of rotatable bonds is 7. The second-order valence-corrected chi connectivity index (χ2v) is 9.46. The van der Waals surface area contributed by atoms with Gasteiger partial charge in [0, 0.05) is 12.6 Å². The molecule has 3 rings (SSSR count). The predicted molar refractivity (Wildman–Crippen MR) is 124 cm³/mol. The highest BCUT2D eigenvalue weighted by Crippen LogP contribution is 2.31. The average molecular weight is 458 g/mol. The van der Waals surface area contributed by atoms with Crippen molar-refractivity contribution in [2.75, 3.05) is 30.0 Å². The molecular weight excluding hydrogens is 434 g/mol. The number of thioether (sulfide) groups is 1. The Hall–Kier alpha value is -3.04. The number of nitrogens with one attached hydrogen (secondary N) is 1. The number of nitrogens with zero attached hydrogens (tertiary/aromatic N) is 2. The van der Waals surface area contributed by atoms with Gasteiger partial charge in [-0.25, -0.2) is 13.4 Å². The number of aromatic nitrogens is 1. The van der Waals surface area contributed by atoms with Crippen LogP contribution < -0.4 is 14.4 Å². The van der Waals surface area contributed by atoms with E-state index in [-0.39, 0.29) is 10.5 Å². The molecule has 0 radical (unpaired) electrons. The van der Waals surface area contributed by atoms with Crippen molar-refractivity contribution in [3.63, 3.8) is 0 Å². The number of carbonyl (C=O) groups is 1. The van der Waals surface area contributed by atoms with E-state index in [0.29, 0.717) is 22.7 Å². The molecule has 31 heavy (non-hydrogen) atoms. The second kappa shape index (κ2) is 9.40. The van der Waals surface area contributed by atoms with Crippen LogP contribution in [0.1, 0.15) is 15.9 Å². The summed E-state index contributed by atoms with van der Waals surface area (Å²) < 4.78 is 32.9. The molecule has 162 valence electrons. The van der Waals surface area contributed by atoms with E-state index in [1.54, 1.807) is 55.6 Å². The van der Waals surface area contributed by atoms with Gasteiger partial charge in [-0.05, 0) is 55.1 Å². The van der Waals surface area contributed by atoms with E-state index in [9.17, 15) is 13.2 Å². The molecule has 1 N–H and O–H groups in total. The maximum atomic E-state index is 13.2. The fourth-order valence-electron chi connectivity index (χ4n) is 2.96. The van der Waals surface area contributed by atoms with Crippen LogP contribution in [-0.4, -0.2) is 39.7 Å². The van der Waals surface area contributed by atoms with Crippen molar-refractivity contribution in [1.29, 1.82) is 0 Å². The Bertz CT molecular complexity index is 1200. The fourth-order valence-corrected chi connectivity index (χ4v) is 4.55. The Morgan fingerprint density at radius 2 is 1.87 bits per heavy atom. The van der Waals surface area contributed by atoms with Gasteiger partial charge in [0.1, 0.15) is 5.75 Å². The molecule has 9 heteroatoms. The van der Waals surface area contributed by atoms with Crippen molar-refractivity contribution < 1.29 is 17.9 Å². The highest BCUT2D eigenvalue weighted by molar-refractivity contribution is 7.98. The minimum Gasteiger partial charge on any atom is -0.495 e. The largest absolute Gasteiger partial charge is 0.495 e. The molecule has 1 amide bonds. The molecule has 0 saturated carbocycles. The number of sulfonamides is 1. The zero-order chi connectivity index (χ0) is 22.6. The summed E-state index contributed by atoms with van der Waals surface area (Å²) in [6, 6.07) is 14.9. The first-order chi connectivity index (χ1) is 14.8. The number of hydrogen-bond donors (Lipinski definition) is 1. The maximum absolute atomic E-state index is 13.2. The molecule has 0 fully saturated rings. The Labute approximate surface area is 186 Å². The molecule has 7 nitrogen and oxygen atoms in total. The molecule has 0 spiro atoms. The molecule has 1 heterocycles. The van der Waals surface area contributed by atoms with Gasteiger partial charge < -0.3 is 10.1 Å². The number of pyridine rings is 1. The number of benzene rings is 2. The fraction of sp³-hybridized carbons (Fsp3) is 0.182. The molecule has 2 aromatic carbocycles. The van der Waals surface area contributed by atoms with Gasteiger partial charge in [-0.2, -0.15) is 0 Å². The third-order valence-electron chi connectivity index (χ3n) is 4.74. The van der Waals surface area contributed by atoms with Crippen LogP contribution in [0.3, 0.4) is 0 Å². The van der Waals surface area contributed by atoms with Crippen molar-refractivity contribution in [3.05, 3.63) is 71.9 Å². The van der Waals surface area contributed by atoms with Crippen LogP contribution in [0, 0.1) is 6.92 Å². The van der Waals surface area contributed by atoms with Crippen LogP contribution >= 0.6 is 11.8 Å². The Balaban J connectivity index is 1.92. The van der Waals surface area contributed by atoms with E-state index in [2.05, 4.69) is 10.3 Å². The third kappa shape index (κ3) is 4.83. The van der Waals surface area contributed by atoms with Gasteiger partial charge in [-0.1, -0.05) is 18.2 Å². The van der Waals surface area contributed by atoms with E-state index in [1.165, 1.54) is 38.1 Å². The summed E-state index contributed by atoms with van der Waals surface area (Å²) in [6.07, 6.45) is 3.48. The van der Waals surface area contributed by atoms with E-state index < -0.39 is 15.9 Å². The zero-order valence-corrected chi connectivity index (χ0v) is 19.3. The monoisotopic (exact) mass is 457 g/mol. The number of amides is 1. The van der Waals surface area contributed by atoms with Crippen molar-refractivity contribution in [2.24, 2.45) is 0 Å². The van der Waals surface area contributed by atoms with Crippen LogP contribution in [0.4, 0.5) is 11.4 Å². The molecule has 0 aliphatic rings. The van der Waals surface area contributed by atoms with E-state index in [0.717, 1.165) is 9.33 Å². The van der Waals surface area contributed by atoms with E-state index in [4.69, 9.17) is 4.74 Å². The minimum atomic E-state index is -3.92. The number of para-hydroxylation sites is 2. The standard InChI is InChI=1S/C22H23N3O4S2/c1-15-9-11-17(31(27,28)25(2)19-7-5-6-8-20(19)29-3)13-18(15)22(26)24-16-10-12-21(30-4)23-14-16/h5-14H,1-4H3,(H,24,26). The van der Waals surface area contributed by atoms with Crippen LogP contribution in [-0.2, 0) is 10.0 Å². The van der Waals surface area contributed by atoms with Gasteiger partial charge in [0.25, 0.3) is 15.9 Å². The number of anilines is 2. The number of aryl methyl sites for hydroxylation is 1. The Morgan fingerprint density at radius 1 is 1.13 bits per heavy atom. The van der Waals surface area contributed by atoms with Crippen molar-refractivity contribution in [2.45, 2.75) is 16.8 Å². The summed E-state index contributed by atoms with van der Waals surface area (Å²) >= 11 is 1.50. The maximum Gasteiger partial charge on any atom is 0.264 e. The quantitative estimate of drug-likeness (QED) is 0.535. The third-order valence-corrected chi connectivity index (χ3v) is 7.17. The predicted octanol–water partition coefficient (Wildman–Crippen LogP) is 4.20. The van der Waals surface area contributed by atoms with E-state index in [1.807, 2.05) is 6.26 Å².